The van der Waals surface area contributed by atoms with Crippen LogP contribution in [0.15, 0.2) is 76.7 Å². The number of anilines is 1. The molecule has 0 radical (unpaired) electrons. The lowest BCUT2D eigenvalue weighted by Gasteiger charge is -2.18. The molecule has 3 rings (SSSR count). The molecule has 0 N–H and O–H groups in total. The monoisotopic (exact) mass is 442 g/mol. The molecule has 29 heavy (non-hydrogen) atoms. The van der Waals surface area contributed by atoms with Gasteiger partial charge in [-0.05, 0) is 47.9 Å². The van der Waals surface area contributed by atoms with Gasteiger partial charge in [0.25, 0.3) is 0 Å². The van der Waals surface area contributed by atoms with E-state index < -0.39 is 0 Å². The standard InChI is InChI=1S/C23H20Cl2N2OS/c1-16-12-21(27(17(2)28)26-14-18-6-4-3-5-7-18)13-22(25)23(16)29-15-19-8-10-20(24)11-9-19/h3-14H,15H2,1-2H3. The average molecular weight is 443 g/mol. The predicted molar refractivity (Wildman–Crippen MR) is 124 cm³/mol. The SMILES string of the molecule is CC(=O)N(N=Cc1ccccc1)c1cc(C)c(SCc2ccc(Cl)cc2)c(Cl)c1. The molecule has 148 valence electrons. The van der Waals surface area contributed by atoms with E-state index in [1.807, 2.05) is 67.6 Å². The molecular weight excluding hydrogens is 423 g/mol. The second-order valence-corrected chi connectivity index (χ2v) is 8.30. The van der Waals surface area contributed by atoms with Gasteiger partial charge in [-0.1, -0.05) is 65.7 Å². The van der Waals surface area contributed by atoms with Crippen LogP contribution in [0, 0.1) is 6.92 Å². The molecule has 6 heteroatoms. The number of thioether (sulfide) groups is 1. The molecule has 0 atom stereocenters. The van der Waals surface area contributed by atoms with Gasteiger partial charge in [-0.2, -0.15) is 5.10 Å². The molecule has 0 saturated carbocycles. The van der Waals surface area contributed by atoms with Crippen LogP contribution in [0.2, 0.25) is 10.0 Å². The highest BCUT2D eigenvalue weighted by Gasteiger charge is 2.15. The van der Waals surface area contributed by atoms with Crippen LogP contribution in [-0.2, 0) is 10.5 Å². The van der Waals surface area contributed by atoms with Gasteiger partial charge in [-0.3, -0.25) is 4.79 Å². The molecule has 3 nitrogen and oxygen atoms in total. The summed E-state index contributed by atoms with van der Waals surface area (Å²) < 4.78 is 0. The Balaban J connectivity index is 1.81. The lowest BCUT2D eigenvalue weighted by molar-refractivity contribution is -0.116. The maximum Gasteiger partial charge on any atom is 0.244 e. The van der Waals surface area contributed by atoms with E-state index in [1.165, 1.54) is 11.9 Å². The van der Waals surface area contributed by atoms with E-state index >= 15 is 0 Å². The number of aryl methyl sites for hydroxylation is 1. The van der Waals surface area contributed by atoms with Gasteiger partial charge in [-0.25, -0.2) is 5.01 Å². The average Bonchev–Trinajstić information content (AvgIpc) is 2.69. The molecule has 0 aliphatic heterocycles. The first-order valence-electron chi connectivity index (χ1n) is 9.01. The maximum absolute atomic E-state index is 12.2. The van der Waals surface area contributed by atoms with Crippen molar-refractivity contribution in [3.05, 3.63) is 93.5 Å². The van der Waals surface area contributed by atoms with Gasteiger partial charge in [0.05, 0.1) is 16.9 Å². The van der Waals surface area contributed by atoms with Crippen molar-refractivity contribution in [1.82, 2.24) is 0 Å². The quantitative estimate of drug-likeness (QED) is 0.234. The van der Waals surface area contributed by atoms with Crippen molar-refractivity contribution in [2.45, 2.75) is 24.5 Å². The number of nitrogens with zero attached hydrogens (tertiary/aromatic N) is 2. The van der Waals surface area contributed by atoms with Crippen molar-refractivity contribution in [3.8, 4) is 0 Å². The van der Waals surface area contributed by atoms with Crippen molar-refractivity contribution in [3.63, 3.8) is 0 Å². The molecule has 0 unspecified atom stereocenters. The smallest absolute Gasteiger partial charge is 0.244 e. The first-order chi connectivity index (χ1) is 13.9. The second kappa shape index (κ2) is 9.97. The van der Waals surface area contributed by atoms with Gasteiger partial charge in [-0.15, -0.1) is 11.8 Å². The molecular formula is C23H20Cl2N2OS. The lowest BCUT2D eigenvalue weighted by atomic mass is 10.2. The lowest BCUT2D eigenvalue weighted by Crippen LogP contribution is -2.22. The van der Waals surface area contributed by atoms with Crippen molar-refractivity contribution < 1.29 is 4.79 Å². The third kappa shape index (κ3) is 5.86. The van der Waals surface area contributed by atoms with Crippen molar-refractivity contribution >= 4 is 52.8 Å². The second-order valence-electron chi connectivity index (χ2n) is 6.47. The maximum atomic E-state index is 12.2. The number of benzene rings is 3. The highest BCUT2D eigenvalue weighted by molar-refractivity contribution is 7.98. The molecule has 0 aliphatic rings. The topological polar surface area (TPSA) is 32.7 Å². The van der Waals surface area contributed by atoms with Crippen LogP contribution in [0.25, 0.3) is 0 Å². The Labute approximate surface area is 185 Å². The van der Waals surface area contributed by atoms with Gasteiger partial charge in [0.2, 0.25) is 5.91 Å². The largest absolute Gasteiger partial charge is 0.273 e. The number of hydrogen-bond donors (Lipinski definition) is 0. The van der Waals surface area contributed by atoms with Crippen LogP contribution in [0.5, 0.6) is 0 Å². The molecule has 0 saturated heterocycles. The number of hydrogen-bond acceptors (Lipinski definition) is 3. The summed E-state index contributed by atoms with van der Waals surface area (Å²) in [6, 6.07) is 21.1. The van der Waals surface area contributed by atoms with Crippen molar-refractivity contribution in [2.24, 2.45) is 5.10 Å². The fraction of sp³-hybridized carbons (Fsp3) is 0.130. The Bertz CT molecular complexity index is 998. The molecule has 0 heterocycles. The Hall–Kier alpha value is -2.27. The number of rotatable bonds is 6. The third-order valence-electron chi connectivity index (χ3n) is 4.18. The number of carbonyl (C=O) groups excluding carboxylic acids is 1. The van der Waals surface area contributed by atoms with E-state index in [0.717, 1.165) is 32.4 Å². The first-order valence-corrected chi connectivity index (χ1v) is 10.8. The fourth-order valence-electron chi connectivity index (χ4n) is 2.75. The highest BCUT2D eigenvalue weighted by Crippen LogP contribution is 2.36. The molecule has 0 aromatic heterocycles. The Kier molecular flexibility index (Phi) is 7.37. The van der Waals surface area contributed by atoms with Gasteiger partial charge >= 0.3 is 0 Å². The van der Waals surface area contributed by atoms with Crippen molar-refractivity contribution in [1.29, 1.82) is 0 Å². The zero-order valence-corrected chi connectivity index (χ0v) is 18.4. The summed E-state index contributed by atoms with van der Waals surface area (Å²) in [6.45, 7) is 3.47. The van der Waals surface area contributed by atoms with Crippen LogP contribution in [0.3, 0.4) is 0 Å². The number of amides is 1. The Morgan fingerprint density at radius 1 is 1.07 bits per heavy atom. The van der Waals surface area contributed by atoms with Crippen LogP contribution < -0.4 is 5.01 Å². The fourth-order valence-corrected chi connectivity index (χ4v) is 4.28. The minimum Gasteiger partial charge on any atom is -0.273 e. The van der Waals surface area contributed by atoms with Crippen LogP contribution in [0.4, 0.5) is 5.69 Å². The van der Waals surface area contributed by atoms with E-state index in [1.54, 1.807) is 24.0 Å². The van der Waals surface area contributed by atoms with Gasteiger partial charge < -0.3 is 0 Å². The van der Waals surface area contributed by atoms with Crippen LogP contribution in [0.1, 0.15) is 23.6 Å². The predicted octanol–water partition coefficient (Wildman–Crippen LogP) is 6.98. The van der Waals surface area contributed by atoms with Crippen LogP contribution >= 0.6 is 35.0 Å². The summed E-state index contributed by atoms with van der Waals surface area (Å²) in [7, 11) is 0. The van der Waals surface area contributed by atoms with Gasteiger partial charge in [0.15, 0.2) is 0 Å². The summed E-state index contributed by atoms with van der Waals surface area (Å²) in [4.78, 5) is 13.2. The van der Waals surface area contributed by atoms with E-state index in [4.69, 9.17) is 23.2 Å². The molecule has 3 aromatic carbocycles. The summed E-state index contributed by atoms with van der Waals surface area (Å²) in [6.07, 6.45) is 1.66. The van der Waals surface area contributed by atoms with E-state index in [0.29, 0.717) is 10.7 Å². The van der Waals surface area contributed by atoms with E-state index in [2.05, 4.69) is 5.10 Å². The third-order valence-corrected chi connectivity index (χ3v) is 6.15. The zero-order chi connectivity index (χ0) is 20.8. The summed E-state index contributed by atoms with van der Waals surface area (Å²) in [5, 5.41) is 7.04. The molecule has 0 spiro atoms. The summed E-state index contributed by atoms with van der Waals surface area (Å²) >= 11 is 14.2. The summed E-state index contributed by atoms with van der Waals surface area (Å²) in [5.41, 5.74) is 3.71. The minimum atomic E-state index is -0.186. The molecule has 3 aromatic rings. The van der Waals surface area contributed by atoms with Crippen molar-refractivity contribution in [2.75, 3.05) is 5.01 Å². The molecule has 0 bridgehead atoms. The van der Waals surface area contributed by atoms with Gasteiger partial charge in [0.1, 0.15) is 0 Å². The first kappa shape index (κ1) is 21.4. The van der Waals surface area contributed by atoms with Crippen LogP contribution in [-0.4, -0.2) is 12.1 Å². The van der Waals surface area contributed by atoms with Gasteiger partial charge in [0, 0.05) is 22.6 Å². The molecule has 1 amide bonds. The van der Waals surface area contributed by atoms with E-state index in [-0.39, 0.29) is 5.91 Å². The number of carbonyl (C=O) groups is 1. The summed E-state index contributed by atoms with van der Waals surface area (Å²) in [5.74, 6) is 0.592. The normalized spacial score (nSPS) is 11.0. The highest BCUT2D eigenvalue weighted by atomic mass is 35.5. The molecule has 0 aliphatic carbocycles. The number of halogens is 2. The minimum absolute atomic E-state index is 0.186. The zero-order valence-electron chi connectivity index (χ0n) is 16.1. The Morgan fingerprint density at radius 3 is 2.38 bits per heavy atom. The van der Waals surface area contributed by atoms with E-state index in [9.17, 15) is 4.79 Å². The molecule has 0 fully saturated rings. The number of hydrazone groups is 1. The Morgan fingerprint density at radius 2 is 1.76 bits per heavy atom.